The van der Waals surface area contributed by atoms with Gasteiger partial charge in [-0.2, -0.15) is 0 Å². The Kier molecular flexibility index (Phi) is 3.19. The van der Waals surface area contributed by atoms with Gasteiger partial charge in [-0.05, 0) is 43.2 Å². The van der Waals surface area contributed by atoms with Gasteiger partial charge in [0.15, 0.2) is 0 Å². The topological polar surface area (TPSA) is 3.24 Å². The van der Waals surface area contributed by atoms with E-state index in [1.807, 2.05) is 0 Å². The van der Waals surface area contributed by atoms with Crippen LogP contribution in [0.4, 0.5) is 0 Å². The average Bonchev–Trinajstić information content (AvgIpc) is 2.39. The second-order valence-corrected chi connectivity index (χ2v) is 5.95. The molecule has 1 aliphatic carbocycles. The third-order valence-corrected chi connectivity index (χ3v) is 4.77. The summed E-state index contributed by atoms with van der Waals surface area (Å²) in [6.45, 7) is 2.58. The van der Waals surface area contributed by atoms with Crippen LogP contribution in [0.2, 0.25) is 0 Å². The molecule has 0 radical (unpaired) electrons. The highest BCUT2D eigenvalue weighted by Crippen LogP contribution is 2.43. The molecule has 17 heavy (non-hydrogen) atoms. The molecule has 1 saturated heterocycles. The van der Waals surface area contributed by atoms with E-state index in [2.05, 4.69) is 42.3 Å². The maximum Gasteiger partial charge on any atom is 0.00501 e. The molecule has 1 saturated carbocycles. The Hall–Kier alpha value is -0.820. The molecule has 2 aliphatic rings. The van der Waals surface area contributed by atoms with Crippen molar-refractivity contribution in [3.63, 3.8) is 0 Å². The first kappa shape index (κ1) is 11.3. The highest BCUT2D eigenvalue weighted by Gasteiger charge is 2.37. The molecule has 1 nitrogen and oxygen atoms in total. The molecule has 3 atom stereocenters. The lowest BCUT2D eigenvalue weighted by molar-refractivity contribution is 0.0820. The van der Waals surface area contributed by atoms with E-state index in [0.29, 0.717) is 0 Å². The predicted molar refractivity (Wildman–Crippen MR) is 72.1 cm³/mol. The molecule has 0 bridgehead atoms. The van der Waals surface area contributed by atoms with Gasteiger partial charge in [-0.25, -0.2) is 0 Å². The van der Waals surface area contributed by atoms with Crippen LogP contribution in [0.5, 0.6) is 0 Å². The van der Waals surface area contributed by atoms with Crippen molar-refractivity contribution in [1.29, 1.82) is 0 Å². The number of fused-ring (bicyclic) bond motifs is 1. The van der Waals surface area contributed by atoms with Gasteiger partial charge in [0.1, 0.15) is 0 Å². The third kappa shape index (κ3) is 2.26. The van der Waals surface area contributed by atoms with Crippen molar-refractivity contribution in [2.75, 3.05) is 20.1 Å². The monoisotopic (exact) mass is 229 g/mol. The molecule has 92 valence electrons. The highest BCUT2D eigenvalue weighted by atomic mass is 15.1. The van der Waals surface area contributed by atoms with Crippen LogP contribution in [-0.4, -0.2) is 25.0 Å². The first-order valence-corrected chi connectivity index (χ1v) is 7.08. The molecule has 1 unspecified atom stereocenters. The Balaban J connectivity index is 1.86. The van der Waals surface area contributed by atoms with Gasteiger partial charge in [0.05, 0.1) is 0 Å². The minimum atomic E-state index is 0.778. The van der Waals surface area contributed by atoms with Gasteiger partial charge in [-0.1, -0.05) is 43.2 Å². The van der Waals surface area contributed by atoms with Crippen molar-refractivity contribution in [1.82, 2.24) is 4.90 Å². The zero-order valence-electron chi connectivity index (χ0n) is 10.8. The lowest BCUT2D eigenvalue weighted by Crippen LogP contribution is -2.44. The van der Waals surface area contributed by atoms with E-state index in [1.165, 1.54) is 38.8 Å². The minimum Gasteiger partial charge on any atom is -0.305 e. The molecular formula is C16H23N. The Labute approximate surface area is 105 Å². The van der Waals surface area contributed by atoms with Crippen molar-refractivity contribution >= 4 is 0 Å². The van der Waals surface area contributed by atoms with Crippen LogP contribution in [0, 0.1) is 11.8 Å². The summed E-state index contributed by atoms with van der Waals surface area (Å²) in [5.41, 5.74) is 1.57. The van der Waals surface area contributed by atoms with E-state index >= 15 is 0 Å². The van der Waals surface area contributed by atoms with Crippen molar-refractivity contribution in [2.24, 2.45) is 11.8 Å². The van der Waals surface area contributed by atoms with E-state index in [0.717, 1.165) is 17.8 Å². The third-order valence-electron chi connectivity index (χ3n) is 4.77. The summed E-state index contributed by atoms with van der Waals surface area (Å²) in [4.78, 5) is 2.55. The predicted octanol–water partition coefficient (Wildman–Crippen LogP) is 3.52. The number of benzene rings is 1. The summed E-state index contributed by atoms with van der Waals surface area (Å²) in [6.07, 6.45) is 5.82. The fraction of sp³-hybridized carbons (Fsp3) is 0.625. The van der Waals surface area contributed by atoms with Gasteiger partial charge in [0.2, 0.25) is 0 Å². The van der Waals surface area contributed by atoms with Crippen LogP contribution < -0.4 is 0 Å². The van der Waals surface area contributed by atoms with Gasteiger partial charge in [0.25, 0.3) is 0 Å². The van der Waals surface area contributed by atoms with E-state index in [4.69, 9.17) is 0 Å². The Morgan fingerprint density at radius 3 is 2.59 bits per heavy atom. The van der Waals surface area contributed by atoms with E-state index in [-0.39, 0.29) is 0 Å². The highest BCUT2D eigenvalue weighted by molar-refractivity contribution is 5.22. The maximum atomic E-state index is 2.55. The molecule has 3 rings (SSSR count). The zero-order valence-corrected chi connectivity index (χ0v) is 10.8. The number of piperidine rings is 1. The average molecular weight is 229 g/mol. The lowest BCUT2D eigenvalue weighted by atomic mass is 9.68. The van der Waals surface area contributed by atoms with Crippen molar-refractivity contribution in [3.8, 4) is 0 Å². The molecule has 1 aromatic carbocycles. The molecule has 0 aromatic heterocycles. The molecule has 0 N–H and O–H groups in total. The summed E-state index contributed by atoms with van der Waals surface area (Å²) in [5.74, 6) is 2.68. The minimum absolute atomic E-state index is 0.778. The van der Waals surface area contributed by atoms with Crippen LogP contribution in [0.3, 0.4) is 0 Å². The van der Waals surface area contributed by atoms with Gasteiger partial charge in [0, 0.05) is 13.1 Å². The molecular weight excluding hydrogens is 206 g/mol. The van der Waals surface area contributed by atoms with Crippen LogP contribution in [0.1, 0.15) is 37.2 Å². The standard InChI is InChI=1S/C16H23N/c1-17-11-14-9-5-6-10-15(14)16(12-17)13-7-3-2-4-8-13/h2-4,7-8,14-16H,5-6,9-12H2,1H3/t14?,15-,16-/m1/s1. The Morgan fingerprint density at radius 1 is 1.00 bits per heavy atom. The van der Waals surface area contributed by atoms with Crippen LogP contribution >= 0.6 is 0 Å². The van der Waals surface area contributed by atoms with Gasteiger partial charge < -0.3 is 4.90 Å². The van der Waals surface area contributed by atoms with Gasteiger partial charge in [-0.3, -0.25) is 0 Å². The summed E-state index contributed by atoms with van der Waals surface area (Å²) < 4.78 is 0. The number of rotatable bonds is 1. The second-order valence-electron chi connectivity index (χ2n) is 5.95. The largest absolute Gasteiger partial charge is 0.305 e. The molecule has 0 amide bonds. The van der Waals surface area contributed by atoms with Gasteiger partial charge >= 0.3 is 0 Å². The number of nitrogens with zero attached hydrogens (tertiary/aromatic N) is 1. The fourth-order valence-electron chi connectivity index (χ4n) is 3.99. The summed E-state index contributed by atoms with van der Waals surface area (Å²) in [5, 5.41) is 0. The zero-order chi connectivity index (χ0) is 11.7. The van der Waals surface area contributed by atoms with E-state index in [1.54, 1.807) is 5.56 Å². The van der Waals surface area contributed by atoms with Crippen LogP contribution in [0.15, 0.2) is 30.3 Å². The lowest BCUT2D eigenvalue weighted by Gasteiger charge is -2.45. The van der Waals surface area contributed by atoms with Crippen molar-refractivity contribution in [2.45, 2.75) is 31.6 Å². The number of likely N-dealkylation sites (N-methyl/N-ethyl adjacent to an activating group) is 1. The second kappa shape index (κ2) is 4.81. The van der Waals surface area contributed by atoms with Crippen LogP contribution in [-0.2, 0) is 0 Å². The normalized spacial score (nSPS) is 34.3. The molecule has 1 aromatic rings. The van der Waals surface area contributed by atoms with E-state index < -0.39 is 0 Å². The first-order valence-electron chi connectivity index (χ1n) is 7.08. The molecule has 1 heteroatoms. The molecule has 1 heterocycles. The Bertz CT molecular complexity index is 359. The molecule has 2 fully saturated rings. The van der Waals surface area contributed by atoms with Gasteiger partial charge in [-0.15, -0.1) is 0 Å². The number of hydrogen-bond acceptors (Lipinski definition) is 1. The summed E-state index contributed by atoms with van der Waals surface area (Å²) in [6, 6.07) is 11.2. The molecule has 1 aliphatic heterocycles. The maximum absolute atomic E-state index is 2.55. The number of hydrogen-bond donors (Lipinski definition) is 0. The van der Waals surface area contributed by atoms with E-state index in [9.17, 15) is 0 Å². The molecule has 0 spiro atoms. The van der Waals surface area contributed by atoms with Crippen LogP contribution in [0.25, 0.3) is 0 Å². The summed E-state index contributed by atoms with van der Waals surface area (Å²) >= 11 is 0. The first-order chi connectivity index (χ1) is 8.34. The number of likely N-dealkylation sites (tertiary alicyclic amines) is 1. The quantitative estimate of drug-likeness (QED) is 0.712. The van der Waals surface area contributed by atoms with Crippen molar-refractivity contribution < 1.29 is 0 Å². The Morgan fingerprint density at radius 2 is 1.76 bits per heavy atom. The summed E-state index contributed by atoms with van der Waals surface area (Å²) in [7, 11) is 2.29. The SMILES string of the molecule is CN1CC2CCCC[C@H]2[C@@H](c2ccccc2)C1. The smallest absolute Gasteiger partial charge is 0.00501 e. The fourth-order valence-corrected chi connectivity index (χ4v) is 3.99. The van der Waals surface area contributed by atoms with Crippen molar-refractivity contribution in [3.05, 3.63) is 35.9 Å².